The van der Waals surface area contributed by atoms with Crippen LogP contribution in [0.25, 0.3) is 0 Å². The van der Waals surface area contributed by atoms with Gasteiger partial charge in [0, 0.05) is 59.7 Å². The van der Waals surface area contributed by atoms with Crippen molar-refractivity contribution in [2.75, 3.05) is 13.0 Å². The number of piperidine rings is 1. The van der Waals surface area contributed by atoms with E-state index in [-0.39, 0.29) is 9.80 Å². The maximum atomic E-state index is 15.6. The van der Waals surface area contributed by atoms with Crippen LogP contribution in [0.4, 0.5) is 4.39 Å². The lowest BCUT2D eigenvalue weighted by atomic mass is 9.98. The molecule has 5 rings (SSSR count). The third kappa shape index (κ3) is 5.47. The van der Waals surface area contributed by atoms with Gasteiger partial charge in [-0.3, -0.25) is 14.5 Å². The zero-order valence-corrected chi connectivity index (χ0v) is 20.6. The largest absolute Gasteiger partial charge is 0.488 e. The molecule has 0 aliphatic carbocycles. The molecule has 0 saturated carbocycles. The second-order valence-corrected chi connectivity index (χ2v) is 9.18. The molecule has 2 unspecified atom stereocenters. The van der Waals surface area contributed by atoms with Crippen LogP contribution in [0.15, 0.2) is 48.7 Å². The van der Waals surface area contributed by atoms with Crippen molar-refractivity contribution in [3.63, 3.8) is 0 Å². The number of fused-ring (bicyclic) bond motifs is 1. The Morgan fingerprint density at radius 3 is 2.87 bits per heavy atom. The molecule has 0 radical (unpaired) electrons. The molecule has 2 aromatic carbocycles. The van der Waals surface area contributed by atoms with Crippen LogP contribution in [-0.2, 0) is 29.1 Å². The minimum Gasteiger partial charge on any atom is -0.488 e. The molecule has 2 saturated heterocycles. The summed E-state index contributed by atoms with van der Waals surface area (Å²) in [6.07, 6.45) is -6.87. The molecular weight excluding hydrogens is 485 g/mol. The predicted octanol–water partition coefficient (Wildman–Crippen LogP) is 4.54. The van der Waals surface area contributed by atoms with Gasteiger partial charge in [-0.1, -0.05) is 18.7 Å². The highest BCUT2D eigenvalue weighted by Crippen LogP contribution is 2.35. The highest BCUT2D eigenvalue weighted by molar-refractivity contribution is 6.02. The van der Waals surface area contributed by atoms with Gasteiger partial charge in [-0.2, -0.15) is 0 Å². The quantitative estimate of drug-likeness (QED) is 0.584. The Labute approximate surface area is 248 Å². The van der Waals surface area contributed by atoms with Gasteiger partial charge in [-0.15, -0.1) is 0 Å². The van der Waals surface area contributed by atoms with E-state index in [2.05, 4.69) is 6.58 Å². The molecule has 2 aromatic rings. The van der Waals surface area contributed by atoms with Gasteiger partial charge in [0.05, 0.1) is 24.6 Å². The fourth-order valence-electron chi connectivity index (χ4n) is 3.96. The maximum absolute atomic E-state index is 15.6. The first kappa shape index (κ1) is 12.3. The molecule has 3 aliphatic heterocycles. The molecule has 8 heteroatoms. The zero-order valence-electron chi connectivity index (χ0n) is 38.6. The zero-order chi connectivity index (χ0) is 43.2. The summed E-state index contributed by atoms with van der Waals surface area (Å²) in [4.78, 5) is 26.8. The van der Waals surface area contributed by atoms with Crippen molar-refractivity contribution < 1.29 is 48.1 Å². The van der Waals surface area contributed by atoms with Gasteiger partial charge in [-0.05, 0) is 70.2 Å². The van der Waals surface area contributed by atoms with E-state index in [0.717, 1.165) is 45.0 Å². The summed E-state index contributed by atoms with van der Waals surface area (Å²) < 4.78 is 181. The molecule has 0 spiro atoms. The van der Waals surface area contributed by atoms with E-state index in [1.54, 1.807) is 0 Å². The van der Waals surface area contributed by atoms with Crippen molar-refractivity contribution >= 4 is 11.8 Å². The summed E-state index contributed by atoms with van der Waals surface area (Å²) in [5.41, 5.74) is -9.35. The summed E-state index contributed by atoms with van der Waals surface area (Å²) in [7, 11) is 0. The number of hydrogen-bond acceptors (Lipinski definition) is 5. The normalized spacial score (nSPS) is 42.0. The first-order valence-electron chi connectivity index (χ1n) is 20.3. The van der Waals surface area contributed by atoms with Gasteiger partial charge >= 0.3 is 0 Å². The number of rotatable bonds is 6. The Balaban J connectivity index is 1.61. The number of benzene rings is 2. The molecule has 2 amide bonds. The molecule has 7 nitrogen and oxygen atoms in total. The minimum absolute atomic E-state index is 0.0242. The monoisotopic (exact) mass is 539 g/mol. The number of carbonyl (C=O) groups is 2. The fraction of sp³-hybridized carbons (Fsp3) is 0.467. The second kappa shape index (κ2) is 9.82. The maximum Gasteiger partial charge on any atom is 0.255 e. The van der Waals surface area contributed by atoms with Gasteiger partial charge in [0.25, 0.3) is 5.91 Å². The van der Waals surface area contributed by atoms with E-state index in [1.165, 1.54) is 0 Å². The summed E-state index contributed by atoms with van der Waals surface area (Å²) in [6.45, 7) is -14.0. The number of ether oxygens (including phenoxy) is 2. The van der Waals surface area contributed by atoms with E-state index < -0.39 is 121 Å². The van der Waals surface area contributed by atoms with Crippen molar-refractivity contribution in [3.05, 3.63) is 76.7 Å². The number of hydrogen-bond donors (Lipinski definition) is 1. The van der Waals surface area contributed by atoms with Crippen molar-refractivity contribution in [1.29, 1.82) is 0 Å². The smallest absolute Gasteiger partial charge is 0.255 e. The third-order valence-corrected chi connectivity index (χ3v) is 5.36. The number of halogens is 1. The van der Waals surface area contributed by atoms with E-state index in [1.807, 2.05) is 5.32 Å². The Morgan fingerprint density at radius 1 is 1.29 bits per heavy atom. The predicted molar refractivity (Wildman–Crippen MR) is 142 cm³/mol. The molecule has 0 bridgehead atoms. The standard InChI is InChI=1S/C30H36FN3O4/c1-19-9-12-25(27(35)32-19)34-15-23-22(28(34)36)7-6-8-26(23)37-16-21-13-20(10-11-24(21)31)14-33-17-29(2,3)38-30(4,5)18-33/h6-8,10-11,13,25H,1,9,12,14-18H2,2-5H3,(H,32,35)/i2D3,9D2,12D2,14D2,15D2,16D2,17D2,18D2,25D. The average Bonchev–Trinajstić information content (AvgIpc) is 3.22. The number of morpholine rings is 1. The van der Waals surface area contributed by atoms with E-state index in [0.29, 0.717) is 12.1 Å². The highest BCUT2D eigenvalue weighted by Gasteiger charge is 2.40. The van der Waals surface area contributed by atoms with Crippen LogP contribution in [-0.4, -0.2) is 51.8 Å². The number of allylic oxidation sites excluding steroid dienone is 1. The lowest BCUT2D eigenvalue weighted by Crippen LogP contribution is -2.56. The third-order valence-electron chi connectivity index (χ3n) is 5.36. The lowest BCUT2D eigenvalue weighted by molar-refractivity contribution is -0.182. The van der Waals surface area contributed by atoms with Crippen LogP contribution in [0, 0.1) is 5.82 Å². The number of nitrogens with zero attached hydrogens (tertiary/aromatic N) is 2. The minimum atomic E-state index is -3.65. The average molecular weight is 540 g/mol. The van der Waals surface area contributed by atoms with Crippen LogP contribution >= 0.6 is 0 Å². The molecule has 2 fully saturated rings. The SMILES string of the molecule is [2H]C([2H])(Oc1cccc2c1C([2H])([2H])N(C1([2H])C(=O)NC(=C)C([2H])([2H])C1([2H])[2H])C2=O)c1cc(C([2H])([2H])N2C([2H])([2H])C(C)(C)OC(C)(C([2H])([2H])[2H])C2([2H])[2H])ccc1F. The van der Waals surface area contributed by atoms with Crippen LogP contribution in [0.5, 0.6) is 5.75 Å². The summed E-state index contributed by atoms with van der Waals surface area (Å²) in [5.74, 6) is -5.43. The fourth-order valence-corrected chi connectivity index (χ4v) is 3.96. The molecular formula is C30H36FN3O4. The first-order valence-corrected chi connectivity index (χ1v) is 11.3. The molecule has 0 aromatic heterocycles. The van der Waals surface area contributed by atoms with Gasteiger partial charge in [-0.25, -0.2) is 4.39 Å². The van der Waals surface area contributed by atoms with Crippen molar-refractivity contribution in [2.45, 2.75) is 77.1 Å². The Bertz CT molecular complexity index is 2040. The van der Waals surface area contributed by atoms with Gasteiger partial charge in [0.15, 0.2) is 0 Å². The Morgan fingerprint density at radius 2 is 2.08 bits per heavy atom. The summed E-state index contributed by atoms with van der Waals surface area (Å²) in [6, 6.07) is 1.06. The highest BCUT2D eigenvalue weighted by atomic mass is 19.1. The Kier molecular flexibility index (Phi) is 3.18. The van der Waals surface area contributed by atoms with Crippen LogP contribution in [0.1, 0.15) is 92.1 Å². The second-order valence-electron chi connectivity index (χ2n) is 9.18. The first-order chi connectivity index (χ1) is 24.8. The van der Waals surface area contributed by atoms with E-state index >= 15 is 4.39 Å². The number of amides is 2. The topological polar surface area (TPSA) is 71.1 Å². The summed E-state index contributed by atoms with van der Waals surface area (Å²) in [5, 5.41) is 1.88. The van der Waals surface area contributed by atoms with Gasteiger partial charge in [0.1, 0.15) is 24.1 Å². The van der Waals surface area contributed by atoms with Crippen LogP contribution in [0.3, 0.4) is 0 Å². The number of carbonyl (C=O) groups excluding carboxylic acids is 2. The molecule has 3 aliphatic rings. The van der Waals surface area contributed by atoms with E-state index in [9.17, 15) is 9.59 Å². The Hall–Kier alpha value is -3.23. The van der Waals surface area contributed by atoms with Crippen molar-refractivity contribution in [2.24, 2.45) is 0 Å². The lowest BCUT2D eigenvalue weighted by Gasteiger charge is -2.47. The molecule has 38 heavy (non-hydrogen) atoms. The van der Waals surface area contributed by atoms with Gasteiger partial charge < -0.3 is 19.7 Å². The molecule has 202 valence electrons. The molecule has 1 N–H and O–H groups in total. The van der Waals surface area contributed by atoms with Crippen LogP contribution < -0.4 is 10.1 Å². The number of nitrogens with one attached hydrogen (secondary N) is 1. The van der Waals surface area contributed by atoms with E-state index in [4.69, 9.17) is 34.1 Å². The van der Waals surface area contributed by atoms with Gasteiger partial charge in [0.2, 0.25) is 5.91 Å². The van der Waals surface area contributed by atoms with Crippen LogP contribution in [0.2, 0.25) is 0 Å². The molecule has 2 atom stereocenters. The van der Waals surface area contributed by atoms with Crippen molar-refractivity contribution in [1.82, 2.24) is 15.1 Å². The molecule has 3 heterocycles. The van der Waals surface area contributed by atoms with Crippen molar-refractivity contribution in [3.8, 4) is 5.75 Å². The summed E-state index contributed by atoms with van der Waals surface area (Å²) >= 11 is 0.